The molecule has 5 nitrogen and oxygen atoms in total. The number of hydrogen-bond acceptors (Lipinski definition) is 4. The SMILES string of the molecule is COc1ccccc1C1CC(=O)c2cn3nc(C)c(-c4ccc(F)cc4)c3nc2C1. The lowest BCUT2D eigenvalue weighted by Gasteiger charge is -2.24. The van der Waals surface area contributed by atoms with Gasteiger partial charge in [-0.3, -0.25) is 4.79 Å². The first-order valence-electron chi connectivity index (χ1n) is 9.86. The number of Topliss-reactive ketones (excluding diaryl/α,β-unsaturated/α-hetero) is 1. The van der Waals surface area contributed by atoms with Gasteiger partial charge in [0, 0.05) is 24.1 Å². The zero-order valence-corrected chi connectivity index (χ0v) is 16.7. The van der Waals surface area contributed by atoms with Gasteiger partial charge in [-0.15, -0.1) is 0 Å². The second kappa shape index (κ2) is 7.06. The Kier molecular flexibility index (Phi) is 4.35. The Balaban J connectivity index is 1.63. The number of aryl methyl sites for hydroxylation is 1. The molecule has 4 aromatic rings. The molecule has 0 saturated heterocycles. The van der Waals surface area contributed by atoms with Crippen molar-refractivity contribution in [2.75, 3.05) is 7.11 Å². The summed E-state index contributed by atoms with van der Waals surface area (Å²) in [6, 6.07) is 14.1. The molecule has 150 valence electrons. The summed E-state index contributed by atoms with van der Waals surface area (Å²) in [5.41, 5.74) is 5.55. The molecule has 5 rings (SSSR count). The van der Waals surface area contributed by atoms with Crippen LogP contribution in [0.1, 0.15) is 39.6 Å². The predicted octanol–water partition coefficient (Wildman–Crippen LogP) is 4.77. The Labute approximate surface area is 173 Å². The molecule has 1 aliphatic rings. The van der Waals surface area contributed by atoms with Gasteiger partial charge in [-0.25, -0.2) is 13.9 Å². The summed E-state index contributed by atoms with van der Waals surface area (Å²) in [5, 5.41) is 4.55. The number of benzene rings is 2. The van der Waals surface area contributed by atoms with Gasteiger partial charge in [0.15, 0.2) is 11.4 Å². The molecule has 2 aromatic heterocycles. The lowest BCUT2D eigenvalue weighted by molar-refractivity contribution is 0.0962. The minimum absolute atomic E-state index is 0.00869. The summed E-state index contributed by atoms with van der Waals surface area (Å²) in [4.78, 5) is 17.8. The third kappa shape index (κ3) is 2.96. The molecule has 0 bridgehead atoms. The van der Waals surface area contributed by atoms with Crippen molar-refractivity contribution >= 4 is 11.4 Å². The lowest BCUT2D eigenvalue weighted by Crippen LogP contribution is -2.21. The molecule has 1 unspecified atom stereocenters. The molecule has 1 atom stereocenters. The summed E-state index contributed by atoms with van der Waals surface area (Å²) in [6.07, 6.45) is 2.83. The predicted molar refractivity (Wildman–Crippen MR) is 112 cm³/mol. The number of halogens is 1. The van der Waals surface area contributed by atoms with Crippen LogP contribution in [0.4, 0.5) is 4.39 Å². The third-order valence-corrected chi connectivity index (χ3v) is 5.75. The van der Waals surface area contributed by atoms with Crippen molar-refractivity contribution in [3.8, 4) is 16.9 Å². The monoisotopic (exact) mass is 401 g/mol. The van der Waals surface area contributed by atoms with Crippen LogP contribution in [0.2, 0.25) is 0 Å². The van der Waals surface area contributed by atoms with E-state index >= 15 is 0 Å². The minimum Gasteiger partial charge on any atom is -0.496 e. The van der Waals surface area contributed by atoms with Gasteiger partial charge in [0.2, 0.25) is 0 Å². The summed E-state index contributed by atoms with van der Waals surface area (Å²) < 4.78 is 20.6. The number of rotatable bonds is 3. The van der Waals surface area contributed by atoms with Gasteiger partial charge < -0.3 is 4.74 Å². The van der Waals surface area contributed by atoms with Crippen LogP contribution in [-0.4, -0.2) is 27.5 Å². The maximum absolute atomic E-state index is 13.4. The van der Waals surface area contributed by atoms with Crippen LogP contribution in [0.5, 0.6) is 5.75 Å². The van der Waals surface area contributed by atoms with Crippen molar-refractivity contribution in [2.45, 2.75) is 25.7 Å². The number of carbonyl (C=O) groups excluding carboxylic acids is 1. The summed E-state index contributed by atoms with van der Waals surface area (Å²) in [5.74, 6) is 0.558. The van der Waals surface area contributed by atoms with Gasteiger partial charge in [0.25, 0.3) is 0 Å². The van der Waals surface area contributed by atoms with E-state index in [4.69, 9.17) is 9.72 Å². The van der Waals surface area contributed by atoms with Crippen molar-refractivity contribution in [1.29, 1.82) is 0 Å². The maximum Gasteiger partial charge on any atom is 0.166 e. The number of fused-ring (bicyclic) bond motifs is 2. The number of hydrogen-bond donors (Lipinski definition) is 0. The number of para-hydroxylation sites is 1. The third-order valence-electron chi connectivity index (χ3n) is 5.75. The molecule has 30 heavy (non-hydrogen) atoms. The Hall–Kier alpha value is -3.54. The Morgan fingerprint density at radius 2 is 1.87 bits per heavy atom. The second-order valence-corrected chi connectivity index (χ2v) is 7.61. The summed E-state index contributed by atoms with van der Waals surface area (Å²) >= 11 is 0. The van der Waals surface area contributed by atoms with E-state index in [-0.39, 0.29) is 17.5 Å². The summed E-state index contributed by atoms with van der Waals surface area (Å²) in [7, 11) is 1.64. The molecule has 2 heterocycles. The van der Waals surface area contributed by atoms with Crippen LogP contribution in [0.15, 0.2) is 54.7 Å². The average Bonchev–Trinajstić information content (AvgIpc) is 3.07. The number of nitrogens with zero attached hydrogens (tertiary/aromatic N) is 3. The first-order chi connectivity index (χ1) is 14.5. The Morgan fingerprint density at radius 1 is 1.10 bits per heavy atom. The molecule has 0 spiro atoms. The van der Waals surface area contributed by atoms with Gasteiger partial charge in [-0.05, 0) is 42.7 Å². The standard InChI is InChI=1S/C24H20FN3O2/c1-14-23(15-7-9-17(25)10-8-15)24-26-20-11-16(18-5-3-4-6-22(18)30-2)12-21(29)19(20)13-28(24)27-14/h3-10,13,16H,11-12H2,1-2H3. The molecule has 0 fully saturated rings. The fraction of sp³-hybridized carbons (Fsp3) is 0.208. The highest BCUT2D eigenvalue weighted by Gasteiger charge is 2.30. The van der Waals surface area contributed by atoms with E-state index in [1.165, 1.54) is 12.1 Å². The fourth-order valence-electron chi connectivity index (χ4n) is 4.32. The van der Waals surface area contributed by atoms with E-state index in [9.17, 15) is 9.18 Å². The quantitative estimate of drug-likeness (QED) is 0.496. The van der Waals surface area contributed by atoms with Crippen LogP contribution in [0.25, 0.3) is 16.8 Å². The van der Waals surface area contributed by atoms with Crippen LogP contribution < -0.4 is 4.74 Å². The smallest absolute Gasteiger partial charge is 0.166 e. The molecular weight excluding hydrogens is 381 g/mol. The molecule has 0 aliphatic heterocycles. The van der Waals surface area contributed by atoms with Gasteiger partial charge in [0.05, 0.1) is 24.1 Å². The molecule has 0 saturated carbocycles. The van der Waals surface area contributed by atoms with E-state index in [1.807, 2.05) is 31.2 Å². The number of ether oxygens (including phenoxy) is 1. The first-order valence-corrected chi connectivity index (χ1v) is 9.86. The van der Waals surface area contributed by atoms with Crippen LogP contribution in [-0.2, 0) is 6.42 Å². The fourth-order valence-corrected chi connectivity index (χ4v) is 4.32. The van der Waals surface area contributed by atoms with Gasteiger partial charge in [-0.1, -0.05) is 30.3 Å². The van der Waals surface area contributed by atoms with E-state index in [0.29, 0.717) is 24.1 Å². The zero-order valence-electron chi connectivity index (χ0n) is 16.7. The van der Waals surface area contributed by atoms with Crippen LogP contribution in [0.3, 0.4) is 0 Å². The number of carbonyl (C=O) groups is 1. The van der Waals surface area contributed by atoms with Crippen LogP contribution >= 0.6 is 0 Å². The normalized spacial score (nSPS) is 16.0. The van der Waals surface area contributed by atoms with Gasteiger partial charge in [-0.2, -0.15) is 5.10 Å². The Morgan fingerprint density at radius 3 is 2.63 bits per heavy atom. The first kappa shape index (κ1) is 18.5. The topological polar surface area (TPSA) is 56.5 Å². The van der Waals surface area contributed by atoms with E-state index < -0.39 is 0 Å². The van der Waals surface area contributed by atoms with E-state index in [2.05, 4.69) is 5.10 Å². The van der Waals surface area contributed by atoms with Crippen LogP contribution in [0, 0.1) is 12.7 Å². The van der Waals surface area contributed by atoms with Crippen molar-refractivity contribution < 1.29 is 13.9 Å². The molecular formula is C24H20FN3O2. The maximum atomic E-state index is 13.4. The molecule has 1 aliphatic carbocycles. The van der Waals surface area contributed by atoms with Gasteiger partial charge >= 0.3 is 0 Å². The van der Waals surface area contributed by atoms with Crippen molar-refractivity contribution in [2.24, 2.45) is 0 Å². The van der Waals surface area contributed by atoms with E-state index in [0.717, 1.165) is 33.8 Å². The highest BCUT2D eigenvalue weighted by atomic mass is 19.1. The number of ketones is 1. The average molecular weight is 401 g/mol. The molecule has 6 heteroatoms. The highest BCUT2D eigenvalue weighted by Crippen LogP contribution is 2.37. The Bertz CT molecular complexity index is 1280. The second-order valence-electron chi connectivity index (χ2n) is 7.61. The van der Waals surface area contributed by atoms with Crippen molar-refractivity contribution in [3.05, 3.63) is 83.1 Å². The zero-order chi connectivity index (χ0) is 20.8. The summed E-state index contributed by atoms with van der Waals surface area (Å²) in [6.45, 7) is 1.89. The van der Waals surface area contributed by atoms with E-state index in [1.54, 1.807) is 30.0 Å². The molecule has 0 amide bonds. The molecule has 0 radical (unpaired) electrons. The largest absolute Gasteiger partial charge is 0.496 e. The molecule has 2 aromatic carbocycles. The highest BCUT2D eigenvalue weighted by molar-refractivity contribution is 5.99. The van der Waals surface area contributed by atoms with Crippen molar-refractivity contribution in [3.63, 3.8) is 0 Å². The van der Waals surface area contributed by atoms with Gasteiger partial charge in [0.1, 0.15) is 11.6 Å². The lowest BCUT2D eigenvalue weighted by atomic mass is 9.82. The number of aromatic nitrogens is 3. The minimum atomic E-state index is -0.288. The number of methoxy groups -OCH3 is 1. The van der Waals surface area contributed by atoms with Crippen molar-refractivity contribution in [1.82, 2.24) is 14.6 Å². The molecule has 0 N–H and O–H groups in total.